The van der Waals surface area contributed by atoms with Crippen LogP contribution in [0.15, 0.2) is 23.2 Å². The van der Waals surface area contributed by atoms with E-state index in [-0.39, 0.29) is 18.9 Å². The third-order valence-electron chi connectivity index (χ3n) is 2.19. The molecular formula is C11H13LiN2. The van der Waals surface area contributed by atoms with E-state index in [1.165, 1.54) is 5.56 Å². The number of amidine groups is 1. The van der Waals surface area contributed by atoms with E-state index in [4.69, 9.17) is 0 Å². The van der Waals surface area contributed by atoms with Crippen LogP contribution in [0, 0.1) is 13.8 Å². The summed E-state index contributed by atoms with van der Waals surface area (Å²) in [6.07, 6.45) is 0. The number of aliphatic imine (C=N–C) groups is 1. The van der Waals surface area contributed by atoms with Crippen LogP contribution in [0.1, 0.15) is 16.7 Å². The molecule has 14 heavy (non-hydrogen) atoms. The molecule has 0 saturated heterocycles. The van der Waals surface area contributed by atoms with Gasteiger partial charge in [0.25, 0.3) is 0 Å². The zero-order chi connectivity index (χ0) is 9.26. The Bertz CT molecular complexity index is 358. The van der Waals surface area contributed by atoms with Crippen LogP contribution in [-0.2, 0) is 0 Å². The second-order valence-electron chi connectivity index (χ2n) is 3.32. The quantitative estimate of drug-likeness (QED) is 0.414. The van der Waals surface area contributed by atoms with Crippen LogP contribution in [0.4, 0.5) is 0 Å². The molecule has 2 nitrogen and oxygen atoms in total. The summed E-state index contributed by atoms with van der Waals surface area (Å²) in [5.74, 6) is 0.994. The van der Waals surface area contributed by atoms with Crippen molar-refractivity contribution in [1.29, 1.82) is 0 Å². The van der Waals surface area contributed by atoms with Gasteiger partial charge in [-0.05, 0) is 6.92 Å². The van der Waals surface area contributed by atoms with Gasteiger partial charge in [0.1, 0.15) is 0 Å². The molecule has 1 aliphatic heterocycles. The third kappa shape index (κ3) is 2.15. The Morgan fingerprint density at radius 1 is 1.43 bits per heavy atom. The number of hydrogen-bond donors (Lipinski definition) is 1. The predicted molar refractivity (Wildman–Crippen MR) is 55.0 cm³/mol. The van der Waals surface area contributed by atoms with Crippen molar-refractivity contribution in [3.8, 4) is 0 Å². The second kappa shape index (κ2) is 4.59. The SMILES string of the molecule is [CH2-]c1ccc(C)cc1C1=NCCN1.[Li+]. The average molecular weight is 180 g/mol. The minimum atomic E-state index is 0. The van der Waals surface area contributed by atoms with Crippen molar-refractivity contribution >= 4 is 5.84 Å². The van der Waals surface area contributed by atoms with Crippen molar-refractivity contribution in [3.05, 3.63) is 41.8 Å². The molecule has 1 N–H and O–H groups in total. The molecule has 0 bridgehead atoms. The van der Waals surface area contributed by atoms with Gasteiger partial charge in [0.05, 0.1) is 12.4 Å². The summed E-state index contributed by atoms with van der Waals surface area (Å²) in [5, 5.41) is 3.25. The Morgan fingerprint density at radius 3 is 2.86 bits per heavy atom. The topological polar surface area (TPSA) is 24.4 Å². The van der Waals surface area contributed by atoms with Crippen LogP contribution in [-0.4, -0.2) is 18.9 Å². The summed E-state index contributed by atoms with van der Waals surface area (Å²) in [6.45, 7) is 7.89. The first-order chi connectivity index (χ1) is 6.27. The zero-order valence-electron chi connectivity index (χ0n) is 8.80. The van der Waals surface area contributed by atoms with Crippen LogP contribution in [0.3, 0.4) is 0 Å². The second-order valence-corrected chi connectivity index (χ2v) is 3.32. The van der Waals surface area contributed by atoms with Crippen molar-refractivity contribution in [3.63, 3.8) is 0 Å². The summed E-state index contributed by atoms with van der Waals surface area (Å²) >= 11 is 0. The molecule has 0 saturated carbocycles. The number of benzene rings is 1. The van der Waals surface area contributed by atoms with Gasteiger partial charge in [-0.25, -0.2) is 0 Å². The Hall–Kier alpha value is -0.843. The third-order valence-corrected chi connectivity index (χ3v) is 2.19. The molecule has 0 aromatic heterocycles. The smallest absolute Gasteiger partial charge is 0.378 e. The maximum atomic E-state index is 4.37. The van der Waals surface area contributed by atoms with Crippen molar-refractivity contribution < 1.29 is 18.9 Å². The van der Waals surface area contributed by atoms with E-state index in [1.54, 1.807) is 0 Å². The molecule has 0 atom stereocenters. The Kier molecular flexibility index (Phi) is 3.68. The van der Waals surface area contributed by atoms with Crippen molar-refractivity contribution in [2.75, 3.05) is 13.1 Å². The molecule has 68 valence electrons. The van der Waals surface area contributed by atoms with Gasteiger partial charge in [-0.2, -0.15) is 18.6 Å². The van der Waals surface area contributed by atoms with Gasteiger partial charge in [0.15, 0.2) is 0 Å². The van der Waals surface area contributed by atoms with Crippen LogP contribution < -0.4 is 24.2 Å². The van der Waals surface area contributed by atoms with E-state index >= 15 is 0 Å². The first-order valence-electron chi connectivity index (χ1n) is 4.48. The molecule has 0 aliphatic carbocycles. The first-order valence-corrected chi connectivity index (χ1v) is 4.48. The van der Waals surface area contributed by atoms with E-state index < -0.39 is 0 Å². The van der Waals surface area contributed by atoms with Crippen molar-refractivity contribution in [2.45, 2.75) is 6.92 Å². The Balaban J connectivity index is 0.000000980. The molecule has 2 rings (SSSR count). The summed E-state index contributed by atoms with van der Waals surface area (Å²) in [5.41, 5.74) is 3.43. The van der Waals surface area contributed by atoms with Crippen LogP contribution >= 0.6 is 0 Å². The maximum absolute atomic E-state index is 4.37. The van der Waals surface area contributed by atoms with Gasteiger partial charge < -0.3 is 5.32 Å². The van der Waals surface area contributed by atoms with Crippen LogP contribution in [0.25, 0.3) is 0 Å². The summed E-state index contributed by atoms with van der Waals surface area (Å²) in [6, 6.07) is 6.23. The molecular weight excluding hydrogens is 167 g/mol. The number of nitrogens with zero attached hydrogens (tertiary/aromatic N) is 1. The average Bonchev–Trinajstić information content (AvgIpc) is 2.61. The molecule has 3 heteroatoms. The number of hydrogen-bond acceptors (Lipinski definition) is 2. The van der Waals surface area contributed by atoms with E-state index in [0.29, 0.717) is 0 Å². The molecule has 1 aromatic rings. The normalized spacial score (nSPS) is 14.2. The molecule has 1 aliphatic rings. The fourth-order valence-corrected chi connectivity index (χ4v) is 1.49. The van der Waals surface area contributed by atoms with Gasteiger partial charge in [0.2, 0.25) is 0 Å². The molecule has 1 aromatic carbocycles. The molecule has 0 radical (unpaired) electrons. The standard InChI is InChI=1S/C11H13N2.Li/c1-8-3-4-9(2)10(7-8)11-12-5-6-13-11;/h3-4,7H,2,5-6H2,1H3,(H,12,13);/q-1;+1. The first kappa shape index (κ1) is 11.2. The number of rotatable bonds is 1. The van der Waals surface area contributed by atoms with E-state index in [2.05, 4.69) is 36.3 Å². The van der Waals surface area contributed by atoms with Crippen molar-refractivity contribution in [2.24, 2.45) is 4.99 Å². The van der Waals surface area contributed by atoms with Gasteiger partial charge in [-0.15, -0.1) is 12.1 Å². The van der Waals surface area contributed by atoms with E-state index in [1.807, 2.05) is 6.07 Å². The van der Waals surface area contributed by atoms with Gasteiger partial charge in [-0.3, -0.25) is 4.99 Å². The molecule has 1 heterocycles. The fraction of sp³-hybridized carbons (Fsp3) is 0.273. The van der Waals surface area contributed by atoms with Gasteiger partial charge in [0, 0.05) is 6.54 Å². The molecule has 0 spiro atoms. The monoisotopic (exact) mass is 180 g/mol. The van der Waals surface area contributed by atoms with Crippen molar-refractivity contribution in [1.82, 2.24) is 5.32 Å². The number of nitrogens with one attached hydrogen (secondary N) is 1. The van der Waals surface area contributed by atoms with Crippen LogP contribution in [0.2, 0.25) is 0 Å². The van der Waals surface area contributed by atoms with Crippen LogP contribution in [0.5, 0.6) is 0 Å². The molecule has 0 amide bonds. The maximum Gasteiger partial charge on any atom is 1.00 e. The molecule has 0 fully saturated rings. The predicted octanol–water partition coefficient (Wildman–Crippen LogP) is -1.47. The molecule has 0 unspecified atom stereocenters. The summed E-state index contributed by atoms with van der Waals surface area (Å²) < 4.78 is 0. The van der Waals surface area contributed by atoms with Gasteiger partial charge in [-0.1, -0.05) is 11.1 Å². The van der Waals surface area contributed by atoms with E-state index in [0.717, 1.165) is 30.1 Å². The minimum Gasteiger partial charge on any atom is -0.378 e. The largest absolute Gasteiger partial charge is 1.00 e. The fourth-order valence-electron chi connectivity index (χ4n) is 1.49. The Labute approximate surface area is 97.0 Å². The summed E-state index contributed by atoms with van der Waals surface area (Å²) in [4.78, 5) is 4.37. The zero-order valence-corrected chi connectivity index (χ0v) is 8.80. The Morgan fingerprint density at radius 2 is 2.21 bits per heavy atom. The van der Waals surface area contributed by atoms with Gasteiger partial charge >= 0.3 is 18.9 Å². The van der Waals surface area contributed by atoms with E-state index in [9.17, 15) is 0 Å². The summed E-state index contributed by atoms with van der Waals surface area (Å²) in [7, 11) is 0. The number of aryl methyl sites for hydroxylation is 1. The minimum absolute atomic E-state index is 0.